The van der Waals surface area contributed by atoms with Gasteiger partial charge in [-0.2, -0.15) is 0 Å². The quantitative estimate of drug-likeness (QED) is 0.670. The minimum absolute atomic E-state index is 0.00810. The molecule has 20 heavy (non-hydrogen) atoms. The molecule has 0 spiro atoms. The van der Waals surface area contributed by atoms with Gasteiger partial charge < -0.3 is 0 Å². The number of ketones is 1. The lowest BCUT2D eigenvalue weighted by molar-refractivity contribution is 0.0993. The number of nitrogens with zero attached hydrogens (tertiary/aromatic N) is 1. The van der Waals surface area contributed by atoms with Crippen molar-refractivity contribution in [3.63, 3.8) is 0 Å². The average Bonchev–Trinajstić information content (AvgIpc) is 2.48. The van der Waals surface area contributed by atoms with Gasteiger partial charge in [-0.15, -0.1) is 0 Å². The summed E-state index contributed by atoms with van der Waals surface area (Å²) in [5, 5.41) is 2.64. The first-order valence-electron chi connectivity index (χ1n) is 6.35. The topological polar surface area (TPSA) is 30.0 Å². The maximum absolute atomic E-state index is 12.4. The van der Waals surface area contributed by atoms with E-state index in [0.29, 0.717) is 17.0 Å². The predicted molar refractivity (Wildman–Crippen MR) is 81.2 cm³/mol. The van der Waals surface area contributed by atoms with Gasteiger partial charge in [-0.1, -0.05) is 54.1 Å². The van der Waals surface area contributed by atoms with Crippen LogP contribution in [0, 0.1) is 0 Å². The fourth-order valence-corrected chi connectivity index (χ4v) is 2.54. The van der Waals surface area contributed by atoms with Crippen molar-refractivity contribution >= 4 is 28.2 Å². The first kappa shape index (κ1) is 12.8. The zero-order chi connectivity index (χ0) is 13.9. The summed E-state index contributed by atoms with van der Waals surface area (Å²) in [5.74, 6) is 0.00810. The smallest absolute Gasteiger partial charge is 0.168 e. The summed E-state index contributed by atoms with van der Waals surface area (Å²) in [6.07, 6.45) is 3.42. The summed E-state index contributed by atoms with van der Waals surface area (Å²) in [6.45, 7) is 0. The van der Waals surface area contributed by atoms with E-state index < -0.39 is 0 Å². The lowest BCUT2D eigenvalue weighted by atomic mass is 9.98. The molecule has 0 unspecified atom stereocenters. The lowest BCUT2D eigenvalue weighted by Gasteiger charge is -2.07. The highest BCUT2D eigenvalue weighted by Gasteiger charge is 2.12. The van der Waals surface area contributed by atoms with Crippen LogP contribution in [0.1, 0.15) is 15.9 Å². The molecule has 2 nitrogen and oxygen atoms in total. The third kappa shape index (κ3) is 2.43. The number of benzene rings is 2. The third-order valence-electron chi connectivity index (χ3n) is 3.30. The predicted octanol–water partition coefficient (Wildman–Crippen LogP) is 4.31. The Hall–Kier alpha value is -2.19. The maximum Gasteiger partial charge on any atom is 0.168 e. The Morgan fingerprint density at radius 2 is 1.85 bits per heavy atom. The zero-order valence-corrected chi connectivity index (χ0v) is 11.5. The molecule has 0 aliphatic carbocycles. The number of rotatable bonds is 3. The van der Waals surface area contributed by atoms with Crippen LogP contribution in [0.3, 0.4) is 0 Å². The summed E-state index contributed by atoms with van der Waals surface area (Å²) >= 11 is 6.02. The van der Waals surface area contributed by atoms with Crippen LogP contribution in [0.4, 0.5) is 0 Å². The third-order valence-corrected chi connectivity index (χ3v) is 3.60. The van der Waals surface area contributed by atoms with Gasteiger partial charge in [0, 0.05) is 24.4 Å². The molecule has 3 aromatic rings. The Morgan fingerprint density at radius 1 is 1.05 bits per heavy atom. The summed E-state index contributed by atoms with van der Waals surface area (Å²) in [6, 6.07) is 15.7. The molecule has 1 heterocycles. The molecule has 3 heteroatoms. The molecular weight excluding hydrogens is 270 g/mol. The van der Waals surface area contributed by atoms with E-state index in [9.17, 15) is 4.79 Å². The minimum Gasteiger partial charge on any atom is -0.294 e. The molecule has 2 aromatic carbocycles. The highest BCUT2D eigenvalue weighted by molar-refractivity contribution is 6.33. The second kappa shape index (κ2) is 5.43. The second-order valence-electron chi connectivity index (χ2n) is 4.59. The van der Waals surface area contributed by atoms with E-state index in [1.165, 1.54) is 6.20 Å². The summed E-state index contributed by atoms with van der Waals surface area (Å²) in [4.78, 5) is 16.3. The van der Waals surface area contributed by atoms with Gasteiger partial charge in [0.15, 0.2) is 5.78 Å². The molecule has 3 rings (SSSR count). The molecule has 0 fully saturated rings. The Kier molecular flexibility index (Phi) is 3.48. The maximum atomic E-state index is 12.4. The SMILES string of the molecule is O=C(Cc1cccc2ccccc12)c1ccncc1Cl. The van der Waals surface area contributed by atoms with Gasteiger partial charge in [-0.3, -0.25) is 9.78 Å². The van der Waals surface area contributed by atoms with Gasteiger partial charge in [-0.05, 0) is 22.4 Å². The fourth-order valence-electron chi connectivity index (χ4n) is 2.32. The number of carbonyl (C=O) groups excluding carboxylic acids is 1. The van der Waals surface area contributed by atoms with E-state index in [1.807, 2.05) is 42.5 Å². The van der Waals surface area contributed by atoms with Crippen molar-refractivity contribution in [3.8, 4) is 0 Å². The lowest BCUT2D eigenvalue weighted by Crippen LogP contribution is -2.05. The molecule has 0 amide bonds. The highest BCUT2D eigenvalue weighted by atomic mass is 35.5. The number of halogens is 1. The molecule has 1 aromatic heterocycles. The van der Waals surface area contributed by atoms with Crippen LogP contribution in [0.15, 0.2) is 60.9 Å². The Balaban J connectivity index is 1.98. The van der Waals surface area contributed by atoms with Crippen LogP contribution in [0.25, 0.3) is 10.8 Å². The zero-order valence-electron chi connectivity index (χ0n) is 10.7. The number of aromatic nitrogens is 1. The van der Waals surface area contributed by atoms with Gasteiger partial charge in [0.05, 0.1) is 5.02 Å². The molecule has 0 radical (unpaired) electrons. The van der Waals surface area contributed by atoms with Crippen molar-refractivity contribution in [1.29, 1.82) is 0 Å². The van der Waals surface area contributed by atoms with Crippen molar-refractivity contribution in [1.82, 2.24) is 4.98 Å². The molecule has 0 atom stereocenters. The molecule has 98 valence electrons. The number of hydrogen-bond donors (Lipinski definition) is 0. The van der Waals surface area contributed by atoms with Crippen molar-refractivity contribution in [3.05, 3.63) is 77.1 Å². The van der Waals surface area contributed by atoms with Gasteiger partial charge in [-0.25, -0.2) is 0 Å². The normalized spacial score (nSPS) is 10.7. The van der Waals surface area contributed by atoms with Gasteiger partial charge in [0.2, 0.25) is 0 Å². The van der Waals surface area contributed by atoms with E-state index in [4.69, 9.17) is 11.6 Å². The van der Waals surface area contributed by atoms with Crippen LogP contribution >= 0.6 is 11.6 Å². The van der Waals surface area contributed by atoms with E-state index in [-0.39, 0.29) is 5.78 Å². The van der Waals surface area contributed by atoms with E-state index in [1.54, 1.807) is 12.3 Å². The standard InChI is InChI=1S/C17H12ClNO/c18-16-11-19-9-8-15(16)17(20)10-13-6-3-5-12-4-1-2-7-14(12)13/h1-9,11H,10H2. The van der Waals surface area contributed by atoms with Crippen LogP contribution in [0.2, 0.25) is 5.02 Å². The van der Waals surface area contributed by atoms with Crippen LogP contribution in [0.5, 0.6) is 0 Å². The number of pyridine rings is 1. The summed E-state index contributed by atoms with van der Waals surface area (Å²) in [7, 11) is 0. The largest absolute Gasteiger partial charge is 0.294 e. The van der Waals surface area contributed by atoms with Gasteiger partial charge in [0.25, 0.3) is 0 Å². The number of carbonyl (C=O) groups is 1. The van der Waals surface area contributed by atoms with Crippen molar-refractivity contribution in [2.45, 2.75) is 6.42 Å². The molecule has 0 N–H and O–H groups in total. The molecular formula is C17H12ClNO. The van der Waals surface area contributed by atoms with E-state index >= 15 is 0 Å². The second-order valence-corrected chi connectivity index (χ2v) is 5.00. The first-order valence-corrected chi connectivity index (χ1v) is 6.73. The number of fused-ring (bicyclic) bond motifs is 1. The number of hydrogen-bond acceptors (Lipinski definition) is 2. The Labute approximate surface area is 122 Å². The molecule has 0 bridgehead atoms. The number of Topliss-reactive ketones (excluding diaryl/α,β-unsaturated/α-hetero) is 1. The molecule has 0 aliphatic rings. The fraction of sp³-hybridized carbons (Fsp3) is 0.0588. The monoisotopic (exact) mass is 281 g/mol. The van der Waals surface area contributed by atoms with Crippen LogP contribution in [-0.4, -0.2) is 10.8 Å². The highest BCUT2D eigenvalue weighted by Crippen LogP contribution is 2.22. The van der Waals surface area contributed by atoms with Gasteiger partial charge >= 0.3 is 0 Å². The van der Waals surface area contributed by atoms with E-state index in [2.05, 4.69) is 4.98 Å². The molecule has 0 saturated carbocycles. The average molecular weight is 282 g/mol. The summed E-state index contributed by atoms with van der Waals surface area (Å²) < 4.78 is 0. The molecule has 0 saturated heterocycles. The summed E-state index contributed by atoms with van der Waals surface area (Å²) in [5.41, 5.74) is 1.54. The van der Waals surface area contributed by atoms with Crippen molar-refractivity contribution < 1.29 is 4.79 Å². The van der Waals surface area contributed by atoms with Crippen molar-refractivity contribution in [2.75, 3.05) is 0 Å². The van der Waals surface area contributed by atoms with E-state index in [0.717, 1.165) is 16.3 Å². The van der Waals surface area contributed by atoms with Gasteiger partial charge in [0.1, 0.15) is 0 Å². The molecule has 0 aliphatic heterocycles. The Bertz CT molecular complexity index is 777. The van der Waals surface area contributed by atoms with Crippen LogP contribution < -0.4 is 0 Å². The Morgan fingerprint density at radius 3 is 2.70 bits per heavy atom. The van der Waals surface area contributed by atoms with Crippen molar-refractivity contribution in [2.24, 2.45) is 0 Å². The minimum atomic E-state index is 0.00810. The first-order chi connectivity index (χ1) is 9.75. The van der Waals surface area contributed by atoms with Crippen LogP contribution in [-0.2, 0) is 6.42 Å².